The lowest BCUT2D eigenvalue weighted by atomic mass is 10.1. The standard InChI is InChI=1S/C9H8FNO2/c1-6(2)8-4-3-7(10)5-9(8)11(12)13/h3-5H,1H2,2H3. The number of allylic oxidation sites excluding steroid dienone is 1. The first-order chi connectivity index (χ1) is 6.02. The minimum atomic E-state index is -0.618. The van der Waals surface area contributed by atoms with E-state index in [1.54, 1.807) is 6.92 Å². The molecule has 0 saturated heterocycles. The second-order valence-corrected chi connectivity index (χ2v) is 2.70. The normalized spacial score (nSPS) is 9.69. The number of halogens is 1. The van der Waals surface area contributed by atoms with Crippen LogP contribution < -0.4 is 0 Å². The van der Waals surface area contributed by atoms with Gasteiger partial charge in [0.05, 0.1) is 16.6 Å². The van der Waals surface area contributed by atoms with Crippen LogP contribution in [-0.4, -0.2) is 4.92 Å². The molecule has 13 heavy (non-hydrogen) atoms. The molecule has 68 valence electrons. The quantitative estimate of drug-likeness (QED) is 0.520. The van der Waals surface area contributed by atoms with Crippen LogP contribution in [0.15, 0.2) is 24.8 Å². The van der Waals surface area contributed by atoms with Crippen molar-refractivity contribution in [3.63, 3.8) is 0 Å². The summed E-state index contributed by atoms with van der Waals surface area (Å²) in [5.41, 5.74) is 0.672. The Labute approximate surface area is 74.7 Å². The van der Waals surface area contributed by atoms with Crippen LogP contribution in [0.1, 0.15) is 12.5 Å². The smallest absolute Gasteiger partial charge is 0.258 e. The van der Waals surface area contributed by atoms with Gasteiger partial charge in [0, 0.05) is 0 Å². The van der Waals surface area contributed by atoms with Gasteiger partial charge in [-0.2, -0.15) is 0 Å². The Morgan fingerprint density at radius 3 is 2.69 bits per heavy atom. The summed E-state index contributed by atoms with van der Waals surface area (Å²) in [6.45, 7) is 5.21. The summed E-state index contributed by atoms with van der Waals surface area (Å²) in [6.07, 6.45) is 0. The number of hydrogen-bond donors (Lipinski definition) is 0. The molecule has 0 radical (unpaired) electrons. The van der Waals surface area contributed by atoms with Gasteiger partial charge in [0.25, 0.3) is 5.69 Å². The molecule has 0 saturated carbocycles. The van der Waals surface area contributed by atoms with Gasteiger partial charge in [-0.15, -0.1) is 0 Å². The fourth-order valence-electron chi connectivity index (χ4n) is 1.02. The lowest BCUT2D eigenvalue weighted by Gasteiger charge is -2.00. The van der Waals surface area contributed by atoms with E-state index in [0.29, 0.717) is 11.1 Å². The van der Waals surface area contributed by atoms with Crippen LogP contribution in [0.2, 0.25) is 0 Å². The lowest BCUT2D eigenvalue weighted by Crippen LogP contribution is -1.94. The molecule has 0 aliphatic rings. The first-order valence-corrected chi connectivity index (χ1v) is 3.62. The number of rotatable bonds is 2. The average Bonchev–Trinajstić information content (AvgIpc) is 2.03. The maximum absolute atomic E-state index is 12.6. The number of nitrogens with zero attached hydrogens (tertiary/aromatic N) is 1. The van der Waals surface area contributed by atoms with Crippen LogP contribution in [0.25, 0.3) is 5.57 Å². The van der Waals surface area contributed by atoms with Gasteiger partial charge in [-0.1, -0.05) is 6.58 Å². The minimum absolute atomic E-state index is 0.243. The summed E-state index contributed by atoms with van der Waals surface area (Å²) in [7, 11) is 0. The summed E-state index contributed by atoms with van der Waals surface area (Å²) >= 11 is 0. The van der Waals surface area contributed by atoms with Crippen molar-refractivity contribution in [2.75, 3.05) is 0 Å². The first kappa shape index (κ1) is 9.38. The molecule has 4 heteroatoms. The highest BCUT2D eigenvalue weighted by Crippen LogP contribution is 2.25. The molecule has 3 nitrogen and oxygen atoms in total. The molecule has 1 aromatic carbocycles. The molecule has 0 spiro atoms. The highest BCUT2D eigenvalue weighted by atomic mass is 19.1. The van der Waals surface area contributed by atoms with Gasteiger partial charge in [-0.3, -0.25) is 10.1 Å². The molecular formula is C9H8FNO2. The third-order valence-corrected chi connectivity index (χ3v) is 1.62. The zero-order valence-corrected chi connectivity index (χ0v) is 7.08. The van der Waals surface area contributed by atoms with E-state index in [0.717, 1.165) is 6.07 Å². The van der Waals surface area contributed by atoms with Gasteiger partial charge in [-0.05, 0) is 24.6 Å². The molecule has 1 rings (SSSR count). The minimum Gasteiger partial charge on any atom is -0.258 e. The maximum atomic E-state index is 12.6. The van der Waals surface area contributed by atoms with Crippen molar-refractivity contribution in [2.45, 2.75) is 6.92 Å². The molecule has 0 amide bonds. The summed E-state index contributed by atoms with van der Waals surface area (Å²) in [5, 5.41) is 10.5. The Kier molecular flexibility index (Phi) is 2.41. The van der Waals surface area contributed by atoms with Crippen molar-refractivity contribution in [3.8, 4) is 0 Å². The summed E-state index contributed by atoms with van der Waals surface area (Å²) < 4.78 is 12.6. The van der Waals surface area contributed by atoms with Crippen molar-refractivity contribution in [1.82, 2.24) is 0 Å². The van der Waals surface area contributed by atoms with Crippen LogP contribution in [-0.2, 0) is 0 Å². The molecule has 0 bridgehead atoms. The van der Waals surface area contributed by atoms with E-state index in [9.17, 15) is 14.5 Å². The second-order valence-electron chi connectivity index (χ2n) is 2.70. The molecule has 0 unspecified atom stereocenters. The van der Waals surface area contributed by atoms with E-state index in [4.69, 9.17) is 0 Å². The van der Waals surface area contributed by atoms with Crippen molar-refractivity contribution >= 4 is 11.3 Å². The zero-order chi connectivity index (χ0) is 10.0. The molecule has 1 aromatic rings. The predicted molar refractivity (Wildman–Crippen MR) is 47.8 cm³/mol. The average molecular weight is 181 g/mol. The Morgan fingerprint density at radius 1 is 1.62 bits per heavy atom. The Hall–Kier alpha value is -1.71. The van der Waals surface area contributed by atoms with Gasteiger partial charge < -0.3 is 0 Å². The molecule has 0 aliphatic heterocycles. The summed E-state index contributed by atoms with van der Waals surface area (Å²) in [4.78, 5) is 9.86. The Balaban J connectivity index is 3.35. The molecule has 0 fully saturated rings. The number of nitro groups is 1. The molecule has 0 aliphatic carbocycles. The van der Waals surface area contributed by atoms with Crippen LogP contribution in [0.3, 0.4) is 0 Å². The second kappa shape index (κ2) is 3.35. The SMILES string of the molecule is C=C(C)c1ccc(F)cc1[N+](=O)[O-]. The first-order valence-electron chi connectivity index (χ1n) is 3.62. The summed E-state index contributed by atoms with van der Waals surface area (Å²) in [5.74, 6) is -0.614. The van der Waals surface area contributed by atoms with E-state index in [2.05, 4.69) is 6.58 Å². The fraction of sp³-hybridized carbons (Fsp3) is 0.111. The van der Waals surface area contributed by atoms with E-state index in [-0.39, 0.29) is 5.69 Å². The monoisotopic (exact) mass is 181 g/mol. The third kappa shape index (κ3) is 1.90. The maximum Gasteiger partial charge on any atom is 0.279 e. The Morgan fingerprint density at radius 2 is 2.23 bits per heavy atom. The molecule has 0 aromatic heterocycles. The fourth-order valence-corrected chi connectivity index (χ4v) is 1.02. The van der Waals surface area contributed by atoms with E-state index in [1.807, 2.05) is 0 Å². The van der Waals surface area contributed by atoms with Gasteiger partial charge in [-0.25, -0.2) is 4.39 Å². The zero-order valence-electron chi connectivity index (χ0n) is 7.08. The van der Waals surface area contributed by atoms with Gasteiger partial charge in [0.1, 0.15) is 5.82 Å². The molecular weight excluding hydrogens is 173 g/mol. The number of hydrogen-bond acceptors (Lipinski definition) is 2. The lowest BCUT2D eigenvalue weighted by molar-refractivity contribution is -0.385. The largest absolute Gasteiger partial charge is 0.279 e. The van der Waals surface area contributed by atoms with Gasteiger partial charge in [0.15, 0.2) is 0 Å². The van der Waals surface area contributed by atoms with E-state index >= 15 is 0 Å². The van der Waals surface area contributed by atoms with Crippen LogP contribution in [0.4, 0.5) is 10.1 Å². The van der Waals surface area contributed by atoms with Crippen molar-refractivity contribution in [2.24, 2.45) is 0 Å². The van der Waals surface area contributed by atoms with Crippen molar-refractivity contribution in [3.05, 3.63) is 46.3 Å². The summed E-state index contributed by atoms with van der Waals surface area (Å²) in [6, 6.07) is 3.43. The Bertz CT molecular complexity index is 374. The van der Waals surface area contributed by atoms with Gasteiger partial charge in [0.2, 0.25) is 0 Å². The van der Waals surface area contributed by atoms with Crippen LogP contribution >= 0.6 is 0 Å². The number of nitro benzene ring substituents is 1. The molecule has 0 N–H and O–H groups in total. The number of benzene rings is 1. The molecule has 0 atom stereocenters. The topological polar surface area (TPSA) is 43.1 Å². The van der Waals surface area contributed by atoms with Crippen LogP contribution in [0.5, 0.6) is 0 Å². The highest BCUT2D eigenvalue weighted by molar-refractivity contribution is 5.69. The highest BCUT2D eigenvalue weighted by Gasteiger charge is 2.14. The van der Waals surface area contributed by atoms with Crippen molar-refractivity contribution in [1.29, 1.82) is 0 Å². The van der Waals surface area contributed by atoms with E-state index < -0.39 is 10.7 Å². The van der Waals surface area contributed by atoms with Gasteiger partial charge >= 0.3 is 0 Å². The third-order valence-electron chi connectivity index (χ3n) is 1.62. The molecule has 0 heterocycles. The predicted octanol–water partition coefficient (Wildman–Crippen LogP) is 2.77. The van der Waals surface area contributed by atoms with Crippen LogP contribution in [0, 0.1) is 15.9 Å². The van der Waals surface area contributed by atoms with E-state index in [1.165, 1.54) is 12.1 Å². The van der Waals surface area contributed by atoms with Crippen molar-refractivity contribution < 1.29 is 9.31 Å².